The number of thioether (sulfide) groups is 1. The fourth-order valence-corrected chi connectivity index (χ4v) is 3.99. The highest BCUT2D eigenvalue weighted by molar-refractivity contribution is 8.01. The van der Waals surface area contributed by atoms with Crippen molar-refractivity contribution >= 4 is 34.1 Å². The Morgan fingerprint density at radius 1 is 1.57 bits per heavy atom. The molecule has 1 aromatic rings. The van der Waals surface area contributed by atoms with Crippen LogP contribution < -0.4 is 5.73 Å². The molecule has 0 fully saturated rings. The van der Waals surface area contributed by atoms with Crippen molar-refractivity contribution in [3.8, 4) is 0 Å². The number of carbonyl (C=O) groups excluding carboxylic acids is 1. The number of nitrogen functional groups attached to an aromatic ring is 1. The third-order valence-corrected chi connectivity index (χ3v) is 4.65. The summed E-state index contributed by atoms with van der Waals surface area (Å²) in [6, 6.07) is 0. The summed E-state index contributed by atoms with van der Waals surface area (Å²) in [4.78, 5) is 11.5. The summed E-state index contributed by atoms with van der Waals surface area (Å²) in [5, 5.41) is 0.594. The average Bonchev–Trinajstić information content (AvgIpc) is 2.53. The molecule has 1 aromatic heterocycles. The fraction of sp³-hybridized carbons (Fsp3) is 0.444. The van der Waals surface area contributed by atoms with Gasteiger partial charge in [0.25, 0.3) is 0 Å². The van der Waals surface area contributed by atoms with Gasteiger partial charge in [0.2, 0.25) is 0 Å². The van der Waals surface area contributed by atoms with Gasteiger partial charge in [-0.05, 0) is 24.2 Å². The van der Waals surface area contributed by atoms with E-state index in [1.54, 1.807) is 11.8 Å². The van der Waals surface area contributed by atoms with Crippen molar-refractivity contribution in [3.05, 3.63) is 11.1 Å². The molecule has 14 heavy (non-hydrogen) atoms. The van der Waals surface area contributed by atoms with Crippen LogP contribution in [0.1, 0.15) is 22.3 Å². The number of hydrogen-bond donors (Lipinski definition) is 1. The van der Waals surface area contributed by atoms with Crippen molar-refractivity contribution in [2.45, 2.75) is 17.1 Å². The van der Waals surface area contributed by atoms with E-state index in [-0.39, 0.29) is 5.97 Å². The molecule has 2 heterocycles. The highest BCUT2D eigenvalue weighted by Gasteiger charge is 2.24. The first-order valence-corrected chi connectivity index (χ1v) is 6.16. The van der Waals surface area contributed by atoms with Gasteiger partial charge in [0.15, 0.2) is 0 Å². The van der Waals surface area contributed by atoms with Crippen LogP contribution in [0.5, 0.6) is 0 Å². The molecule has 0 bridgehead atoms. The SMILES string of the molecule is COC(=O)c1c(N)sc2c1CCCS2. The number of carbonyl (C=O) groups is 1. The molecule has 5 heteroatoms. The number of ether oxygens (including phenoxy) is 1. The van der Waals surface area contributed by atoms with Gasteiger partial charge in [0.05, 0.1) is 16.9 Å². The minimum Gasteiger partial charge on any atom is -0.465 e. The Morgan fingerprint density at radius 2 is 2.36 bits per heavy atom. The Labute approximate surface area is 90.6 Å². The number of thiophene rings is 1. The van der Waals surface area contributed by atoms with Crippen LogP contribution in [0.2, 0.25) is 0 Å². The van der Waals surface area contributed by atoms with Crippen molar-refractivity contribution in [1.82, 2.24) is 0 Å². The lowest BCUT2D eigenvalue weighted by molar-refractivity contribution is 0.0601. The summed E-state index contributed by atoms with van der Waals surface area (Å²) in [5.41, 5.74) is 7.49. The molecule has 0 spiro atoms. The number of rotatable bonds is 1. The van der Waals surface area contributed by atoms with E-state index in [1.807, 2.05) is 0 Å². The number of hydrogen-bond acceptors (Lipinski definition) is 5. The van der Waals surface area contributed by atoms with Gasteiger partial charge in [0, 0.05) is 0 Å². The number of esters is 1. The van der Waals surface area contributed by atoms with Crippen molar-refractivity contribution in [2.24, 2.45) is 0 Å². The van der Waals surface area contributed by atoms with Crippen molar-refractivity contribution in [2.75, 3.05) is 18.6 Å². The molecule has 0 aromatic carbocycles. The second kappa shape index (κ2) is 3.82. The van der Waals surface area contributed by atoms with Crippen molar-refractivity contribution in [3.63, 3.8) is 0 Å². The molecule has 2 rings (SSSR count). The van der Waals surface area contributed by atoms with Gasteiger partial charge in [-0.3, -0.25) is 0 Å². The number of fused-ring (bicyclic) bond motifs is 1. The summed E-state index contributed by atoms with van der Waals surface area (Å²) in [6.45, 7) is 0. The zero-order chi connectivity index (χ0) is 10.1. The van der Waals surface area contributed by atoms with Crippen LogP contribution in [-0.4, -0.2) is 18.8 Å². The maximum atomic E-state index is 11.5. The minimum absolute atomic E-state index is 0.303. The Kier molecular flexibility index (Phi) is 2.69. The predicted molar refractivity (Wildman–Crippen MR) is 59.1 cm³/mol. The lowest BCUT2D eigenvalue weighted by Crippen LogP contribution is -2.08. The summed E-state index contributed by atoms with van der Waals surface area (Å²) in [6.07, 6.45) is 2.05. The van der Waals surface area contributed by atoms with Crippen LogP contribution in [0.4, 0.5) is 5.00 Å². The van der Waals surface area contributed by atoms with Crippen LogP contribution >= 0.6 is 23.1 Å². The molecule has 3 nitrogen and oxygen atoms in total. The van der Waals surface area contributed by atoms with E-state index in [0.29, 0.717) is 10.6 Å². The number of methoxy groups -OCH3 is 1. The number of nitrogens with two attached hydrogens (primary N) is 1. The minimum atomic E-state index is -0.303. The van der Waals surface area contributed by atoms with Crippen LogP contribution in [0.15, 0.2) is 4.21 Å². The van der Waals surface area contributed by atoms with Crippen LogP contribution in [0.3, 0.4) is 0 Å². The van der Waals surface area contributed by atoms with E-state index in [1.165, 1.54) is 22.7 Å². The fourth-order valence-electron chi connectivity index (χ4n) is 1.55. The molecule has 2 N–H and O–H groups in total. The first kappa shape index (κ1) is 9.86. The molecular weight excluding hydrogens is 218 g/mol. The first-order valence-electron chi connectivity index (χ1n) is 4.36. The summed E-state index contributed by atoms with van der Waals surface area (Å²) in [7, 11) is 1.39. The molecule has 0 atom stereocenters. The van der Waals surface area contributed by atoms with Gasteiger partial charge in [0.1, 0.15) is 5.00 Å². The molecule has 1 aliphatic rings. The van der Waals surface area contributed by atoms with Gasteiger partial charge < -0.3 is 10.5 Å². The Bertz CT molecular complexity index is 373. The summed E-state index contributed by atoms with van der Waals surface area (Å²) >= 11 is 3.28. The Balaban J connectivity index is 2.47. The molecule has 0 amide bonds. The van der Waals surface area contributed by atoms with Crippen LogP contribution in [0, 0.1) is 0 Å². The van der Waals surface area contributed by atoms with Crippen LogP contribution in [0.25, 0.3) is 0 Å². The first-order chi connectivity index (χ1) is 6.74. The maximum absolute atomic E-state index is 11.5. The molecule has 1 aliphatic heterocycles. The van der Waals surface area contributed by atoms with E-state index in [2.05, 4.69) is 0 Å². The highest BCUT2D eigenvalue weighted by atomic mass is 32.2. The largest absolute Gasteiger partial charge is 0.465 e. The van der Waals surface area contributed by atoms with Gasteiger partial charge in [-0.2, -0.15) is 0 Å². The predicted octanol–water partition coefficient (Wildman–Crippen LogP) is 2.16. The topological polar surface area (TPSA) is 52.3 Å². The smallest absolute Gasteiger partial charge is 0.341 e. The van der Waals surface area contributed by atoms with E-state index in [0.717, 1.165) is 24.2 Å². The molecule has 0 saturated carbocycles. The zero-order valence-corrected chi connectivity index (χ0v) is 9.46. The van der Waals surface area contributed by atoms with Crippen molar-refractivity contribution in [1.29, 1.82) is 0 Å². The second-order valence-electron chi connectivity index (χ2n) is 3.05. The number of anilines is 1. The van der Waals surface area contributed by atoms with E-state index < -0.39 is 0 Å². The normalized spacial score (nSPS) is 14.9. The second-order valence-corrected chi connectivity index (χ2v) is 5.47. The van der Waals surface area contributed by atoms with E-state index in [9.17, 15) is 4.79 Å². The maximum Gasteiger partial charge on any atom is 0.341 e. The molecule has 76 valence electrons. The van der Waals surface area contributed by atoms with Crippen LogP contribution in [-0.2, 0) is 11.2 Å². The summed E-state index contributed by atoms with van der Waals surface area (Å²) in [5.74, 6) is 0.815. The van der Waals surface area contributed by atoms with Gasteiger partial charge >= 0.3 is 5.97 Å². The van der Waals surface area contributed by atoms with Crippen molar-refractivity contribution < 1.29 is 9.53 Å². The lowest BCUT2D eigenvalue weighted by atomic mass is 10.1. The Hall–Kier alpha value is -0.680. The monoisotopic (exact) mass is 229 g/mol. The zero-order valence-electron chi connectivity index (χ0n) is 7.83. The molecular formula is C9H11NO2S2. The standard InChI is InChI=1S/C9H11NO2S2/c1-12-8(11)6-5-3-2-4-13-9(5)14-7(6)10/h2-4,10H2,1H3. The quantitative estimate of drug-likeness (QED) is 0.750. The van der Waals surface area contributed by atoms with E-state index >= 15 is 0 Å². The van der Waals surface area contributed by atoms with E-state index in [4.69, 9.17) is 10.5 Å². The average molecular weight is 229 g/mol. The summed E-state index contributed by atoms with van der Waals surface area (Å²) < 4.78 is 5.91. The van der Waals surface area contributed by atoms with Gasteiger partial charge in [-0.1, -0.05) is 0 Å². The highest BCUT2D eigenvalue weighted by Crippen LogP contribution is 2.42. The molecule has 0 radical (unpaired) electrons. The molecule has 0 saturated heterocycles. The third-order valence-electron chi connectivity index (χ3n) is 2.19. The van der Waals surface area contributed by atoms with Gasteiger partial charge in [-0.25, -0.2) is 4.79 Å². The molecule has 0 unspecified atom stereocenters. The van der Waals surface area contributed by atoms with Gasteiger partial charge in [-0.15, -0.1) is 23.1 Å². The Morgan fingerprint density at radius 3 is 3.07 bits per heavy atom. The lowest BCUT2D eigenvalue weighted by Gasteiger charge is -2.10. The third kappa shape index (κ3) is 1.50. The molecule has 0 aliphatic carbocycles.